The molecule has 4 amide bonds. The number of carbonyl (C=O) groups is 3. The van der Waals surface area contributed by atoms with Crippen molar-refractivity contribution in [2.75, 3.05) is 13.1 Å². The largest absolute Gasteiger partial charge is 0.356 e. The van der Waals surface area contributed by atoms with Gasteiger partial charge in [0.1, 0.15) is 5.54 Å². The Morgan fingerprint density at radius 2 is 2.10 bits per heavy atom. The van der Waals surface area contributed by atoms with Gasteiger partial charge in [-0.1, -0.05) is 30.5 Å². The second-order valence-corrected chi connectivity index (χ2v) is 9.02. The molecule has 1 spiro atoms. The van der Waals surface area contributed by atoms with Crippen LogP contribution < -0.4 is 10.6 Å². The molecule has 2 fully saturated rings. The van der Waals surface area contributed by atoms with E-state index in [-0.39, 0.29) is 30.8 Å². The number of unbranched alkanes of at least 4 members (excludes halogenated alkanes) is 2. The third-order valence-electron chi connectivity index (χ3n) is 5.86. The zero-order valence-corrected chi connectivity index (χ0v) is 18.2. The average molecular weight is 446 g/mol. The molecule has 0 unspecified atom stereocenters. The van der Waals surface area contributed by atoms with E-state index in [1.54, 1.807) is 11.3 Å². The normalized spacial score (nSPS) is 17.5. The Balaban J connectivity index is 1.09. The summed E-state index contributed by atoms with van der Waals surface area (Å²) in [5.74, 6) is 0.929. The lowest BCUT2D eigenvalue weighted by Crippen LogP contribution is -2.44. The summed E-state index contributed by atoms with van der Waals surface area (Å²) in [5.41, 5.74) is -0.712. The summed E-state index contributed by atoms with van der Waals surface area (Å²) in [6.07, 6.45) is 6.77. The van der Waals surface area contributed by atoms with Crippen molar-refractivity contribution in [3.05, 3.63) is 23.4 Å². The number of imide groups is 1. The maximum Gasteiger partial charge on any atom is 0.325 e. The number of rotatable bonds is 10. The number of urea groups is 1. The number of hydrogen-bond donors (Lipinski definition) is 2. The third-order valence-corrected chi connectivity index (χ3v) is 6.73. The number of aromatic nitrogens is 2. The fourth-order valence-corrected chi connectivity index (χ4v) is 4.82. The summed E-state index contributed by atoms with van der Waals surface area (Å²) < 4.78 is 5.28. The van der Waals surface area contributed by atoms with Gasteiger partial charge < -0.3 is 15.2 Å². The summed E-state index contributed by atoms with van der Waals surface area (Å²) in [5, 5.41) is 11.7. The highest BCUT2D eigenvalue weighted by atomic mass is 32.1. The second kappa shape index (κ2) is 9.59. The van der Waals surface area contributed by atoms with Crippen LogP contribution in [0, 0.1) is 0 Å². The quantitative estimate of drug-likeness (QED) is 0.429. The molecule has 0 bridgehead atoms. The molecule has 31 heavy (non-hydrogen) atoms. The van der Waals surface area contributed by atoms with Crippen LogP contribution in [0.5, 0.6) is 0 Å². The van der Waals surface area contributed by atoms with Gasteiger partial charge in [-0.15, -0.1) is 11.3 Å². The molecule has 2 aromatic rings. The van der Waals surface area contributed by atoms with Crippen molar-refractivity contribution < 1.29 is 18.9 Å². The Labute approximate surface area is 184 Å². The highest BCUT2D eigenvalue weighted by molar-refractivity contribution is 7.13. The molecule has 3 heterocycles. The third kappa shape index (κ3) is 4.95. The Morgan fingerprint density at radius 1 is 1.26 bits per heavy atom. The van der Waals surface area contributed by atoms with E-state index in [9.17, 15) is 14.4 Å². The van der Waals surface area contributed by atoms with Gasteiger partial charge in [0.25, 0.3) is 5.91 Å². The Kier molecular flexibility index (Phi) is 6.64. The fraction of sp³-hybridized carbons (Fsp3) is 0.571. The molecule has 1 aliphatic carbocycles. The minimum atomic E-state index is -0.712. The summed E-state index contributed by atoms with van der Waals surface area (Å²) in [6, 6.07) is 3.54. The van der Waals surface area contributed by atoms with Crippen molar-refractivity contribution in [3.8, 4) is 10.7 Å². The van der Waals surface area contributed by atoms with Gasteiger partial charge in [-0.05, 0) is 37.1 Å². The highest BCUT2D eigenvalue weighted by Crippen LogP contribution is 2.35. The van der Waals surface area contributed by atoms with Gasteiger partial charge in [-0.3, -0.25) is 14.5 Å². The Morgan fingerprint density at radius 3 is 2.87 bits per heavy atom. The van der Waals surface area contributed by atoms with Crippen molar-refractivity contribution >= 4 is 29.2 Å². The highest BCUT2D eigenvalue weighted by Gasteiger charge is 2.52. The molecule has 0 atom stereocenters. The van der Waals surface area contributed by atoms with Crippen LogP contribution in [0.1, 0.15) is 57.3 Å². The SMILES string of the molecule is O=C(CCN1C(=O)NC2(CCCC2)C1=O)NCCCCCc1nc(-c2cccs2)no1. The van der Waals surface area contributed by atoms with Crippen LogP contribution in [-0.2, 0) is 16.0 Å². The number of amides is 4. The Hall–Kier alpha value is -2.75. The van der Waals surface area contributed by atoms with Crippen LogP contribution in [0.25, 0.3) is 10.7 Å². The van der Waals surface area contributed by atoms with Crippen LogP contribution in [0.3, 0.4) is 0 Å². The molecule has 2 aliphatic rings. The van der Waals surface area contributed by atoms with E-state index in [0.717, 1.165) is 37.0 Å². The molecule has 1 saturated carbocycles. The molecule has 1 aliphatic heterocycles. The summed E-state index contributed by atoms with van der Waals surface area (Å²) in [4.78, 5) is 43.3. The minimum absolute atomic E-state index is 0.127. The monoisotopic (exact) mass is 445 g/mol. The van der Waals surface area contributed by atoms with Crippen molar-refractivity contribution in [3.63, 3.8) is 0 Å². The Bertz CT molecular complexity index is 920. The lowest BCUT2D eigenvalue weighted by molar-refractivity contribution is -0.131. The van der Waals surface area contributed by atoms with Gasteiger partial charge in [0.2, 0.25) is 17.6 Å². The van der Waals surface area contributed by atoms with Gasteiger partial charge in [-0.2, -0.15) is 4.98 Å². The lowest BCUT2D eigenvalue weighted by atomic mass is 9.98. The van der Waals surface area contributed by atoms with Crippen molar-refractivity contribution in [2.24, 2.45) is 0 Å². The van der Waals surface area contributed by atoms with E-state index in [1.165, 1.54) is 4.90 Å². The smallest absolute Gasteiger partial charge is 0.325 e. The first-order valence-electron chi connectivity index (χ1n) is 10.8. The van der Waals surface area contributed by atoms with E-state index in [0.29, 0.717) is 37.5 Å². The van der Waals surface area contributed by atoms with Crippen LogP contribution >= 0.6 is 11.3 Å². The molecule has 2 N–H and O–H groups in total. The molecule has 9 nitrogen and oxygen atoms in total. The van der Waals surface area contributed by atoms with Gasteiger partial charge in [-0.25, -0.2) is 4.79 Å². The van der Waals surface area contributed by atoms with Crippen LogP contribution in [0.15, 0.2) is 22.0 Å². The number of nitrogens with one attached hydrogen (secondary N) is 2. The maximum atomic E-state index is 12.6. The van der Waals surface area contributed by atoms with E-state index in [2.05, 4.69) is 20.8 Å². The first-order valence-corrected chi connectivity index (χ1v) is 11.7. The topological polar surface area (TPSA) is 117 Å². The predicted octanol–water partition coefficient (Wildman–Crippen LogP) is 2.88. The molecule has 2 aromatic heterocycles. The molecule has 4 rings (SSSR count). The van der Waals surface area contributed by atoms with Crippen LogP contribution in [0.2, 0.25) is 0 Å². The van der Waals surface area contributed by atoms with Crippen molar-refractivity contribution in [1.82, 2.24) is 25.7 Å². The van der Waals surface area contributed by atoms with E-state index < -0.39 is 5.54 Å². The molecule has 1 saturated heterocycles. The van der Waals surface area contributed by atoms with E-state index in [4.69, 9.17) is 4.52 Å². The number of carbonyl (C=O) groups excluding carboxylic acids is 3. The van der Waals surface area contributed by atoms with Crippen molar-refractivity contribution in [2.45, 2.75) is 63.3 Å². The second-order valence-electron chi connectivity index (χ2n) is 8.08. The van der Waals surface area contributed by atoms with Crippen LogP contribution in [-0.4, -0.2) is 51.5 Å². The number of thiophene rings is 1. The van der Waals surface area contributed by atoms with E-state index >= 15 is 0 Å². The van der Waals surface area contributed by atoms with Crippen LogP contribution in [0.4, 0.5) is 4.79 Å². The first-order chi connectivity index (χ1) is 15.1. The first kappa shape index (κ1) is 21.5. The molecule has 0 aromatic carbocycles. The molecular formula is C21H27N5O4S. The summed E-state index contributed by atoms with van der Waals surface area (Å²) in [7, 11) is 0. The van der Waals surface area contributed by atoms with Crippen molar-refractivity contribution in [1.29, 1.82) is 0 Å². The zero-order valence-electron chi connectivity index (χ0n) is 17.4. The lowest BCUT2D eigenvalue weighted by Gasteiger charge is -2.19. The van der Waals surface area contributed by atoms with Gasteiger partial charge in [0, 0.05) is 25.9 Å². The van der Waals surface area contributed by atoms with Gasteiger partial charge in [0.15, 0.2) is 0 Å². The molecular weight excluding hydrogens is 418 g/mol. The summed E-state index contributed by atoms with van der Waals surface area (Å²) >= 11 is 1.57. The number of aryl methyl sites for hydroxylation is 1. The predicted molar refractivity (Wildman–Crippen MR) is 114 cm³/mol. The molecule has 10 heteroatoms. The minimum Gasteiger partial charge on any atom is -0.356 e. The number of hydrogen-bond acceptors (Lipinski definition) is 7. The van der Waals surface area contributed by atoms with E-state index in [1.807, 2.05) is 17.5 Å². The van der Waals surface area contributed by atoms with Gasteiger partial charge in [0.05, 0.1) is 4.88 Å². The molecule has 166 valence electrons. The number of nitrogens with zero attached hydrogens (tertiary/aromatic N) is 3. The van der Waals surface area contributed by atoms with Gasteiger partial charge >= 0.3 is 6.03 Å². The molecule has 0 radical (unpaired) electrons. The average Bonchev–Trinajstić information content (AvgIpc) is 3.54. The summed E-state index contributed by atoms with van der Waals surface area (Å²) in [6.45, 7) is 0.690. The fourth-order valence-electron chi connectivity index (χ4n) is 4.17. The standard InChI is InChI=1S/C21H27N5O4S/c27-16(9-13-26-19(28)21(24-20(26)29)10-3-4-11-21)22-12-5-1-2-8-17-23-18(25-30-17)15-7-6-14-31-15/h6-7,14H,1-5,8-13H2,(H,22,27)(H,24,29). The zero-order chi connectivity index (χ0) is 21.7. The maximum absolute atomic E-state index is 12.6.